The van der Waals surface area contributed by atoms with Gasteiger partial charge in [-0.2, -0.15) is 4.98 Å². The SMILES string of the molecule is CCOCCNC(=NC)NCCc1nc(-c2cccc(Cl)c2)no1.I. The number of hydrogen-bond donors (Lipinski definition) is 2. The lowest BCUT2D eigenvalue weighted by Gasteiger charge is -2.10. The summed E-state index contributed by atoms with van der Waals surface area (Å²) in [7, 11) is 1.72. The molecule has 0 amide bonds. The van der Waals surface area contributed by atoms with E-state index in [-0.39, 0.29) is 24.0 Å². The number of rotatable bonds is 8. The van der Waals surface area contributed by atoms with Gasteiger partial charge < -0.3 is 19.9 Å². The Morgan fingerprint density at radius 1 is 1.32 bits per heavy atom. The van der Waals surface area contributed by atoms with Crippen LogP contribution in [0.1, 0.15) is 12.8 Å². The van der Waals surface area contributed by atoms with Crippen LogP contribution in [0.5, 0.6) is 0 Å². The summed E-state index contributed by atoms with van der Waals surface area (Å²) in [6.45, 7) is 4.65. The van der Waals surface area contributed by atoms with Crippen molar-refractivity contribution in [1.82, 2.24) is 20.8 Å². The van der Waals surface area contributed by atoms with Crippen molar-refractivity contribution < 1.29 is 9.26 Å². The minimum absolute atomic E-state index is 0. The highest BCUT2D eigenvalue weighted by Crippen LogP contribution is 2.19. The highest BCUT2D eigenvalue weighted by atomic mass is 127. The molecule has 0 saturated heterocycles. The Hall–Kier alpha value is -1.39. The van der Waals surface area contributed by atoms with Crippen molar-refractivity contribution >= 4 is 41.5 Å². The number of ether oxygens (including phenoxy) is 1. The van der Waals surface area contributed by atoms with Crippen molar-refractivity contribution in [3.8, 4) is 11.4 Å². The normalized spacial score (nSPS) is 11.1. The topological polar surface area (TPSA) is 84.6 Å². The Labute approximate surface area is 169 Å². The smallest absolute Gasteiger partial charge is 0.228 e. The monoisotopic (exact) mass is 479 g/mol. The molecule has 0 spiro atoms. The molecule has 9 heteroatoms. The number of nitrogens with one attached hydrogen (secondary N) is 2. The van der Waals surface area contributed by atoms with Gasteiger partial charge in [-0.25, -0.2) is 0 Å². The van der Waals surface area contributed by atoms with Crippen molar-refractivity contribution in [2.24, 2.45) is 4.99 Å². The zero-order valence-corrected chi connectivity index (χ0v) is 17.4. The van der Waals surface area contributed by atoms with Crippen LogP contribution in [0.25, 0.3) is 11.4 Å². The Kier molecular flexibility index (Phi) is 10.4. The molecule has 138 valence electrons. The van der Waals surface area contributed by atoms with Gasteiger partial charge in [0.2, 0.25) is 11.7 Å². The molecule has 0 saturated carbocycles. The maximum atomic E-state index is 5.97. The third-order valence-corrected chi connectivity index (χ3v) is 3.38. The fourth-order valence-electron chi connectivity index (χ4n) is 2.00. The van der Waals surface area contributed by atoms with Gasteiger partial charge in [-0.05, 0) is 19.1 Å². The molecule has 1 heterocycles. The zero-order chi connectivity index (χ0) is 17.2. The van der Waals surface area contributed by atoms with E-state index in [1.165, 1.54) is 0 Å². The molecule has 2 aromatic rings. The fourth-order valence-corrected chi connectivity index (χ4v) is 2.19. The van der Waals surface area contributed by atoms with Gasteiger partial charge in [-0.15, -0.1) is 24.0 Å². The van der Waals surface area contributed by atoms with E-state index in [0.717, 1.165) is 5.56 Å². The first kappa shape index (κ1) is 21.7. The Morgan fingerprint density at radius 3 is 2.84 bits per heavy atom. The number of nitrogens with zero attached hydrogens (tertiary/aromatic N) is 3. The molecule has 0 atom stereocenters. The van der Waals surface area contributed by atoms with E-state index in [2.05, 4.69) is 25.8 Å². The number of halogens is 2. The molecular weight excluding hydrogens is 457 g/mol. The molecule has 1 aromatic heterocycles. The van der Waals surface area contributed by atoms with Gasteiger partial charge in [-0.3, -0.25) is 4.99 Å². The molecule has 2 rings (SSSR count). The van der Waals surface area contributed by atoms with Crippen LogP contribution in [0, 0.1) is 0 Å². The van der Waals surface area contributed by atoms with Gasteiger partial charge in [-0.1, -0.05) is 28.9 Å². The second-order valence-electron chi connectivity index (χ2n) is 4.89. The van der Waals surface area contributed by atoms with Crippen molar-refractivity contribution in [2.45, 2.75) is 13.3 Å². The van der Waals surface area contributed by atoms with E-state index in [0.29, 0.717) is 55.4 Å². The number of hydrogen-bond acceptors (Lipinski definition) is 5. The largest absolute Gasteiger partial charge is 0.380 e. The van der Waals surface area contributed by atoms with E-state index >= 15 is 0 Å². The van der Waals surface area contributed by atoms with Crippen molar-refractivity contribution in [2.75, 3.05) is 33.4 Å². The Bertz CT molecular complexity index is 665. The lowest BCUT2D eigenvalue weighted by Crippen LogP contribution is -2.39. The molecule has 2 N–H and O–H groups in total. The van der Waals surface area contributed by atoms with E-state index in [1.54, 1.807) is 19.2 Å². The van der Waals surface area contributed by atoms with Crippen LogP contribution in [-0.2, 0) is 11.2 Å². The molecule has 0 bridgehead atoms. The summed E-state index contributed by atoms with van der Waals surface area (Å²) in [6, 6.07) is 7.36. The summed E-state index contributed by atoms with van der Waals surface area (Å²) < 4.78 is 10.5. The van der Waals surface area contributed by atoms with Gasteiger partial charge in [0, 0.05) is 43.8 Å². The molecule has 1 aromatic carbocycles. The fraction of sp³-hybridized carbons (Fsp3) is 0.438. The average molecular weight is 480 g/mol. The second kappa shape index (κ2) is 12.0. The lowest BCUT2D eigenvalue weighted by atomic mass is 10.2. The molecule has 0 unspecified atom stereocenters. The summed E-state index contributed by atoms with van der Waals surface area (Å²) >= 11 is 5.97. The number of aromatic nitrogens is 2. The highest BCUT2D eigenvalue weighted by Gasteiger charge is 2.09. The molecular formula is C16H23ClIN5O2. The van der Waals surface area contributed by atoms with Gasteiger partial charge >= 0.3 is 0 Å². The minimum atomic E-state index is 0. The Morgan fingerprint density at radius 2 is 2.12 bits per heavy atom. The van der Waals surface area contributed by atoms with Crippen molar-refractivity contribution in [1.29, 1.82) is 0 Å². The summed E-state index contributed by atoms with van der Waals surface area (Å²) in [6.07, 6.45) is 0.597. The third-order valence-electron chi connectivity index (χ3n) is 3.15. The first-order valence-electron chi connectivity index (χ1n) is 7.83. The van der Waals surface area contributed by atoms with Crippen LogP contribution in [0.4, 0.5) is 0 Å². The molecule has 0 fully saturated rings. The van der Waals surface area contributed by atoms with Crippen LogP contribution >= 0.6 is 35.6 Å². The van der Waals surface area contributed by atoms with Gasteiger partial charge in [0.15, 0.2) is 5.96 Å². The van der Waals surface area contributed by atoms with E-state index in [4.69, 9.17) is 20.9 Å². The maximum absolute atomic E-state index is 5.97. The van der Waals surface area contributed by atoms with Crippen LogP contribution in [-0.4, -0.2) is 49.5 Å². The van der Waals surface area contributed by atoms with Gasteiger partial charge in [0.1, 0.15) is 0 Å². The molecule has 0 aliphatic rings. The number of guanidine groups is 1. The standard InChI is InChI=1S/C16H22ClN5O2.HI/c1-3-23-10-9-20-16(18-2)19-8-7-14-21-15(22-24-14)12-5-4-6-13(17)11-12;/h4-6,11H,3,7-10H2,1-2H3,(H2,18,19,20);1H. The first-order valence-corrected chi connectivity index (χ1v) is 8.21. The minimum Gasteiger partial charge on any atom is -0.380 e. The zero-order valence-electron chi connectivity index (χ0n) is 14.3. The second-order valence-corrected chi connectivity index (χ2v) is 5.33. The van der Waals surface area contributed by atoms with Crippen LogP contribution in [0.3, 0.4) is 0 Å². The first-order chi connectivity index (χ1) is 11.7. The molecule has 0 aliphatic heterocycles. The lowest BCUT2D eigenvalue weighted by molar-refractivity contribution is 0.152. The predicted molar refractivity (Wildman–Crippen MR) is 110 cm³/mol. The molecule has 0 radical (unpaired) electrons. The Balaban J connectivity index is 0.00000312. The van der Waals surface area contributed by atoms with Gasteiger partial charge in [0.05, 0.1) is 6.61 Å². The quantitative estimate of drug-likeness (QED) is 0.262. The number of benzene rings is 1. The average Bonchev–Trinajstić information content (AvgIpc) is 3.06. The third kappa shape index (κ3) is 7.57. The summed E-state index contributed by atoms with van der Waals surface area (Å²) in [5.74, 6) is 1.80. The van der Waals surface area contributed by atoms with E-state index in [1.807, 2.05) is 19.1 Å². The van der Waals surface area contributed by atoms with Crippen molar-refractivity contribution in [3.63, 3.8) is 0 Å². The summed E-state index contributed by atoms with van der Waals surface area (Å²) in [4.78, 5) is 8.51. The summed E-state index contributed by atoms with van der Waals surface area (Å²) in [5, 5.41) is 11.0. The molecule has 0 aliphatic carbocycles. The highest BCUT2D eigenvalue weighted by molar-refractivity contribution is 14.0. The van der Waals surface area contributed by atoms with Gasteiger partial charge in [0.25, 0.3) is 0 Å². The predicted octanol–water partition coefficient (Wildman–Crippen LogP) is 2.75. The molecule has 25 heavy (non-hydrogen) atoms. The van der Waals surface area contributed by atoms with Crippen LogP contribution < -0.4 is 10.6 Å². The van der Waals surface area contributed by atoms with Crippen molar-refractivity contribution in [3.05, 3.63) is 35.2 Å². The van der Waals surface area contributed by atoms with E-state index in [9.17, 15) is 0 Å². The molecule has 7 nitrogen and oxygen atoms in total. The summed E-state index contributed by atoms with van der Waals surface area (Å²) in [5.41, 5.74) is 0.832. The maximum Gasteiger partial charge on any atom is 0.228 e. The van der Waals surface area contributed by atoms with Crippen LogP contribution in [0.15, 0.2) is 33.8 Å². The number of aliphatic imine (C=N–C) groups is 1. The van der Waals surface area contributed by atoms with E-state index < -0.39 is 0 Å². The van der Waals surface area contributed by atoms with Crippen LogP contribution in [0.2, 0.25) is 5.02 Å².